The standard InChI is InChI=1S/C14H26O4/c1-10-4-5-14(16)12(6-10)7-13(15)9-18-11(2)8-17-3/h10-13,15H,4-9H2,1-3H3. The van der Waals surface area contributed by atoms with Gasteiger partial charge < -0.3 is 14.6 Å². The van der Waals surface area contributed by atoms with Crippen LogP contribution in [0.1, 0.15) is 39.5 Å². The van der Waals surface area contributed by atoms with E-state index in [1.54, 1.807) is 7.11 Å². The van der Waals surface area contributed by atoms with E-state index in [1.807, 2.05) is 6.92 Å². The first-order chi connectivity index (χ1) is 8.52. The van der Waals surface area contributed by atoms with E-state index in [-0.39, 0.29) is 18.6 Å². The van der Waals surface area contributed by atoms with Crippen molar-refractivity contribution in [1.29, 1.82) is 0 Å². The van der Waals surface area contributed by atoms with Gasteiger partial charge >= 0.3 is 0 Å². The van der Waals surface area contributed by atoms with E-state index in [2.05, 4.69) is 6.92 Å². The smallest absolute Gasteiger partial charge is 0.136 e. The molecule has 0 radical (unpaired) electrons. The summed E-state index contributed by atoms with van der Waals surface area (Å²) in [5.41, 5.74) is 0. The molecule has 0 aliphatic heterocycles. The van der Waals surface area contributed by atoms with Crippen LogP contribution in [0.2, 0.25) is 0 Å². The summed E-state index contributed by atoms with van der Waals surface area (Å²) in [6.45, 7) is 4.88. The molecule has 1 N–H and O–H groups in total. The van der Waals surface area contributed by atoms with Crippen molar-refractivity contribution in [3.8, 4) is 0 Å². The van der Waals surface area contributed by atoms with Crippen LogP contribution < -0.4 is 0 Å². The van der Waals surface area contributed by atoms with Crippen molar-refractivity contribution in [3.05, 3.63) is 0 Å². The van der Waals surface area contributed by atoms with Crippen LogP contribution in [0.15, 0.2) is 0 Å². The van der Waals surface area contributed by atoms with Crippen molar-refractivity contribution in [2.24, 2.45) is 11.8 Å². The highest BCUT2D eigenvalue weighted by Crippen LogP contribution is 2.29. The predicted octanol–water partition coefficient (Wildman–Crippen LogP) is 1.79. The van der Waals surface area contributed by atoms with Gasteiger partial charge in [0, 0.05) is 19.4 Å². The fraction of sp³-hybridized carbons (Fsp3) is 0.929. The summed E-state index contributed by atoms with van der Waals surface area (Å²) in [5, 5.41) is 9.90. The van der Waals surface area contributed by atoms with Gasteiger partial charge in [0.05, 0.1) is 25.4 Å². The number of aliphatic hydroxyl groups is 1. The fourth-order valence-electron chi connectivity index (χ4n) is 2.51. The number of methoxy groups -OCH3 is 1. The minimum absolute atomic E-state index is 0.0186. The largest absolute Gasteiger partial charge is 0.391 e. The number of carbonyl (C=O) groups excluding carboxylic acids is 1. The van der Waals surface area contributed by atoms with E-state index in [1.165, 1.54) is 0 Å². The number of Topliss-reactive ketones (excluding diaryl/α,β-unsaturated/α-hetero) is 1. The summed E-state index contributed by atoms with van der Waals surface area (Å²) < 4.78 is 10.4. The first-order valence-electron chi connectivity index (χ1n) is 6.84. The number of aliphatic hydroxyl groups excluding tert-OH is 1. The van der Waals surface area contributed by atoms with Crippen molar-refractivity contribution in [2.75, 3.05) is 20.3 Å². The molecule has 106 valence electrons. The van der Waals surface area contributed by atoms with Crippen LogP contribution in [0.25, 0.3) is 0 Å². The average molecular weight is 258 g/mol. The molecule has 0 aromatic rings. The van der Waals surface area contributed by atoms with Crippen LogP contribution in [0, 0.1) is 11.8 Å². The Kier molecular flexibility index (Phi) is 6.82. The molecule has 4 atom stereocenters. The molecule has 0 aromatic carbocycles. The van der Waals surface area contributed by atoms with Crippen molar-refractivity contribution in [2.45, 2.75) is 51.7 Å². The van der Waals surface area contributed by atoms with Crippen molar-refractivity contribution >= 4 is 5.78 Å². The molecular formula is C14H26O4. The molecule has 0 amide bonds. The van der Waals surface area contributed by atoms with Crippen LogP contribution in [0.3, 0.4) is 0 Å². The summed E-state index contributed by atoms with van der Waals surface area (Å²) in [6, 6.07) is 0. The van der Waals surface area contributed by atoms with E-state index < -0.39 is 6.10 Å². The zero-order chi connectivity index (χ0) is 13.5. The van der Waals surface area contributed by atoms with Crippen molar-refractivity contribution in [1.82, 2.24) is 0 Å². The third-order valence-corrected chi connectivity index (χ3v) is 3.56. The maximum absolute atomic E-state index is 11.7. The molecule has 1 aliphatic carbocycles. The topological polar surface area (TPSA) is 55.8 Å². The summed E-state index contributed by atoms with van der Waals surface area (Å²) >= 11 is 0. The zero-order valence-electron chi connectivity index (χ0n) is 11.7. The lowest BCUT2D eigenvalue weighted by Crippen LogP contribution is -2.30. The van der Waals surface area contributed by atoms with Crippen LogP contribution in [-0.2, 0) is 14.3 Å². The molecule has 4 unspecified atom stereocenters. The van der Waals surface area contributed by atoms with E-state index in [9.17, 15) is 9.90 Å². The van der Waals surface area contributed by atoms with Crippen LogP contribution in [-0.4, -0.2) is 43.4 Å². The van der Waals surface area contributed by atoms with Gasteiger partial charge in [-0.1, -0.05) is 6.92 Å². The third kappa shape index (κ3) is 5.46. The van der Waals surface area contributed by atoms with Gasteiger partial charge in [0.25, 0.3) is 0 Å². The Morgan fingerprint density at radius 3 is 2.83 bits per heavy atom. The number of rotatable bonds is 7. The number of ether oxygens (including phenoxy) is 2. The van der Waals surface area contributed by atoms with Gasteiger partial charge in [-0.25, -0.2) is 0 Å². The van der Waals surface area contributed by atoms with E-state index in [0.29, 0.717) is 31.1 Å². The molecule has 4 heteroatoms. The van der Waals surface area contributed by atoms with Crippen LogP contribution in [0.4, 0.5) is 0 Å². The Hall–Kier alpha value is -0.450. The Morgan fingerprint density at radius 1 is 1.44 bits per heavy atom. The second-order valence-corrected chi connectivity index (χ2v) is 5.53. The predicted molar refractivity (Wildman–Crippen MR) is 69.4 cm³/mol. The van der Waals surface area contributed by atoms with Crippen LogP contribution >= 0.6 is 0 Å². The average Bonchev–Trinajstić information content (AvgIpc) is 2.32. The molecule has 18 heavy (non-hydrogen) atoms. The van der Waals surface area contributed by atoms with Gasteiger partial charge in [-0.2, -0.15) is 0 Å². The molecule has 1 fully saturated rings. The van der Waals surface area contributed by atoms with Gasteiger partial charge in [0.15, 0.2) is 0 Å². The maximum Gasteiger partial charge on any atom is 0.136 e. The third-order valence-electron chi connectivity index (χ3n) is 3.56. The normalized spacial score (nSPS) is 28.1. The molecule has 4 nitrogen and oxygen atoms in total. The number of hydrogen-bond donors (Lipinski definition) is 1. The van der Waals surface area contributed by atoms with E-state index >= 15 is 0 Å². The highest BCUT2D eigenvalue weighted by molar-refractivity contribution is 5.81. The SMILES string of the molecule is COCC(C)OCC(O)CC1CC(C)CCC1=O. The lowest BCUT2D eigenvalue weighted by molar-refractivity contribution is -0.127. The molecule has 0 bridgehead atoms. The number of carbonyl (C=O) groups is 1. The molecule has 1 aliphatic rings. The lowest BCUT2D eigenvalue weighted by Gasteiger charge is -2.27. The van der Waals surface area contributed by atoms with Gasteiger partial charge in [0.2, 0.25) is 0 Å². The lowest BCUT2D eigenvalue weighted by atomic mass is 9.79. The zero-order valence-corrected chi connectivity index (χ0v) is 11.7. The Morgan fingerprint density at radius 2 is 2.17 bits per heavy atom. The maximum atomic E-state index is 11.7. The summed E-state index contributed by atoms with van der Waals surface area (Å²) in [7, 11) is 1.62. The molecule has 1 saturated carbocycles. The highest BCUT2D eigenvalue weighted by Gasteiger charge is 2.28. The highest BCUT2D eigenvalue weighted by atomic mass is 16.5. The number of ketones is 1. The Bertz CT molecular complexity index is 254. The minimum atomic E-state index is -0.552. The first-order valence-corrected chi connectivity index (χ1v) is 6.84. The quantitative estimate of drug-likeness (QED) is 0.756. The van der Waals surface area contributed by atoms with Gasteiger partial charge in [-0.3, -0.25) is 4.79 Å². The Labute approximate surface area is 110 Å². The molecular weight excluding hydrogens is 232 g/mol. The Balaban J connectivity index is 2.26. The molecule has 0 saturated heterocycles. The minimum Gasteiger partial charge on any atom is -0.391 e. The molecule has 1 rings (SSSR count). The molecule has 0 heterocycles. The summed E-state index contributed by atoms with van der Waals surface area (Å²) in [4.78, 5) is 11.7. The van der Waals surface area contributed by atoms with Crippen LogP contribution in [0.5, 0.6) is 0 Å². The number of hydrogen-bond acceptors (Lipinski definition) is 4. The summed E-state index contributed by atoms with van der Waals surface area (Å²) in [5.74, 6) is 0.912. The second kappa shape index (κ2) is 7.87. The van der Waals surface area contributed by atoms with Crippen molar-refractivity contribution in [3.63, 3.8) is 0 Å². The van der Waals surface area contributed by atoms with Gasteiger partial charge in [-0.05, 0) is 32.1 Å². The first kappa shape index (κ1) is 15.6. The fourth-order valence-corrected chi connectivity index (χ4v) is 2.51. The van der Waals surface area contributed by atoms with E-state index in [4.69, 9.17) is 9.47 Å². The van der Waals surface area contributed by atoms with Gasteiger partial charge in [-0.15, -0.1) is 0 Å². The van der Waals surface area contributed by atoms with Gasteiger partial charge in [0.1, 0.15) is 5.78 Å². The molecule has 0 aromatic heterocycles. The molecule has 0 spiro atoms. The summed E-state index contributed by atoms with van der Waals surface area (Å²) in [6.07, 6.45) is 2.52. The second-order valence-electron chi connectivity index (χ2n) is 5.53. The van der Waals surface area contributed by atoms with Crippen molar-refractivity contribution < 1.29 is 19.4 Å². The monoisotopic (exact) mass is 258 g/mol. The van der Waals surface area contributed by atoms with E-state index in [0.717, 1.165) is 12.8 Å².